The second kappa shape index (κ2) is 5.71. The minimum absolute atomic E-state index is 0.0234. The average molecular weight is 342 g/mol. The lowest BCUT2D eigenvalue weighted by Crippen LogP contribution is -1.93. The number of benzene rings is 1. The van der Waals surface area contributed by atoms with Crippen LogP contribution in [0.1, 0.15) is 28.5 Å². The van der Waals surface area contributed by atoms with E-state index in [2.05, 4.69) is 15.9 Å². The van der Waals surface area contributed by atoms with Gasteiger partial charge in [-0.15, -0.1) is 11.8 Å². The first-order valence-electron chi connectivity index (χ1n) is 5.52. The summed E-state index contributed by atoms with van der Waals surface area (Å²) < 4.78 is 6.22. The first-order valence-corrected chi connectivity index (χ1v) is 7.19. The van der Waals surface area contributed by atoms with Crippen molar-refractivity contribution in [2.24, 2.45) is 0 Å². The van der Waals surface area contributed by atoms with Crippen molar-refractivity contribution in [2.45, 2.75) is 17.1 Å². The molecular weight excluding hydrogens is 330 g/mol. The van der Waals surface area contributed by atoms with Crippen molar-refractivity contribution in [2.75, 3.05) is 5.73 Å². The molecule has 1 heterocycles. The fourth-order valence-corrected chi connectivity index (χ4v) is 3.08. The molecule has 2 aromatic rings. The molecule has 0 aliphatic heterocycles. The lowest BCUT2D eigenvalue weighted by molar-refractivity contribution is 0.0660. The van der Waals surface area contributed by atoms with Crippen LogP contribution in [-0.2, 0) is 0 Å². The van der Waals surface area contributed by atoms with Gasteiger partial charge in [0.1, 0.15) is 5.76 Å². The van der Waals surface area contributed by atoms with Gasteiger partial charge < -0.3 is 15.3 Å². The number of anilines is 1. The van der Waals surface area contributed by atoms with E-state index >= 15 is 0 Å². The first kappa shape index (κ1) is 14.0. The third-order valence-corrected chi connectivity index (χ3v) is 4.20. The highest BCUT2D eigenvalue weighted by atomic mass is 79.9. The van der Waals surface area contributed by atoms with Crippen LogP contribution in [0.5, 0.6) is 0 Å². The molecule has 0 fully saturated rings. The van der Waals surface area contributed by atoms with Gasteiger partial charge in [0, 0.05) is 15.1 Å². The van der Waals surface area contributed by atoms with E-state index in [1.54, 1.807) is 6.07 Å². The topological polar surface area (TPSA) is 76.5 Å². The van der Waals surface area contributed by atoms with E-state index in [1.165, 1.54) is 17.8 Å². The molecule has 0 aliphatic carbocycles. The largest absolute Gasteiger partial charge is 0.475 e. The molecule has 1 aromatic carbocycles. The van der Waals surface area contributed by atoms with E-state index in [4.69, 9.17) is 15.3 Å². The van der Waals surface area contributed by atoms with Crippen molar-refractivity contribution < 1.29 is 14.3 Å². The number of nitrogen functional groups attached to an aromatic ring is 1. The standard InChI is InChI=1S/C13H12BrNO3S/c1-7(10-4-5-11(18-10)13(16)17)19-12-6-8(14)2-3-9(12)15/h2-7H,15H2,1H3,(H,16,17). The fraction of sp³-hybridized carbons (Fsp3) is 0.154. The van der Waals surface area contributed by atoms with Gasteiger partial charge in [0.05, 0.1) is 5.25 Å². The fourth-order valence-electron chi connectivity index (χ4n) is 1.55. The van der Waals surface area contributed by atoms with Gasteiger partial charge in [-0.05, 0) is 37.3 Å². The van der Waals surface area contributed by atoms with Crippen molar-refractivity contribution in [1.82, 2.24) is 0 Å². The van der Waals surface area contributed by atoms with Crippen LogP contribution in [0.3, 0.4) is 0 Å². The Hall–Kier alpha value is -1.40. The van der Waals surface area contributed by atoms with Gasteiger partial charge in [0.15, 0.2) is 0 Å². The van der Waals surface area contributed by atoms with E-state index in [0.717, 1.165) is 9.37 Å². The summed E-state index contributed by atoms with van der Waals surface area (Å²) in [5.41, 5.74) is 6.59. The number of carboxylic acids is 1. The Morgan fingerprint density at radius 1 is 1.42 bits per heavy atom. The van der Waals surface area contributed by atoms with Crippen molar-refractivity contribution in [3.8, 4) is 0 Å². The summed E-state index contributed by atoms with van der Waals surface area (Å²) in [5, 5.41) is 8.80. The maximum absolute atomic E-state index is 10.8. The molecule has 0 bridgehead atoms. The van der Waals surface area contributed by atoms with E-state index < -0.39 is 5.97 Å². The SMILES string of the molecule is CC(Sc1cc(Br)ccc1N)c1ccc(C(=O)O)o1. The number of rotatable bonds is 4. The first-order chi connectivity index (χ1) is 8.97. The van der Waals surface area contributed by atoms with E-state index in [9.17, 15) is 4.79 Å². The van der Waals surface area contributed by atoms with E-state index in [1.807, 2.05) is 25.1 Å². The molecule has 1 atom stereocenters. The summed E-state index contributed by atoms with van der Waals surface area (Å²) in [6, 6.07) is 8.76. The van der Waals surface area contributed by atoms with Crippen molar-refractivity contribution >= 4 is 39.3 Å². The Balaban J connectivity index is 2.17. The molecule has 0 saturated carbocycles. The summed E-state index contributed by atoms with van der Waals surface area (Å²) in [5.74, 6) is -0.503. The lowest BCUT2D eigenvalue weighted by Gasteiger charge is -2.10. The molecule has 19 heavy (non-hydrogen) atoms. The molecule has 3 N–H and O–H groups in total. The number of thioether (sulfide) groups is 1. The van der Waals surface area contributed by atoms with Gasteiger partial charge in [0.2, 0.25) is 5.76 Å². The summed E-state index contributed by atoms with van der Waals surface area (Å²) in [4.78, 5) is 11.7. The third-order valence-electron chi connectivity index (χ3n) is 2.52. The Labute approximate surface area is 123 Å². The zero-order valence-electron chi connectivity index (χ0n) is 10.1. The van der Waals surface area contributed by atoms with Gasteiger partial charge in [-0.3, -0.25) is 0 Å². The monoisotopic (exact) mass is 341 g/mol. The van der Waals surface area contributed by atoms with Crippen LogP contribution in [0.4, 0.5) is 5.69 Å². The van der Waals surface area contributed by atoms with Gasteiger partial charge in [-0.25, -0.2) is 4.79 Å². The van der Waals surface area contributed by atoms with Crippen LogP contribution >= 0.6 is 27.7 Å². The Morgan fingerprint density at radius 3 is 2.79 bits per heavy atom. The third kappa shape index (κ3) is 3.33. The van der Waals surface area contributed by atoms with Crippen molar-refractivity contribution in [3.63, 3.8) is 0 Å². The average Bonchev–Trinajstić information content (AvgIpc) is 2.83. The zero-order chi connectivity index (χ0) is 14.0. The van der Waals surface area contributed by atoms with Crippen LogP contribution < -0.4 is 5.73 Å². The Kier molecular flexibility index (Phi) is 4.21. The molecule has 0 aliphatic rings. The minimum Gasteiger partial charge on any atom is -0.475 e. The molecule has 6 heteroatoms. The smallest absolute Gasteiger partial charge is 0.371 e. The number of aromatic carboxylic acids is 1. The highest BCUT2D eigenvalue weighted by Crippen LogP contribution is 2.39. The Bertz CT molecular complexity index is 612. The number of carbonyl (C=O) groups is 1. The van der Waals surface area contributed by atoms with Crippen LogP contribution in [-0.4, -0.2) is 11.1 Å². The maximum Gasteiger partial charge on any atom is 0.371 e. The molecule has 0 radical (unpaired) electrons. The molecule has 0 saturated heterocycles. The summed E-state index contributed by atoms with van der Waals surface area (Å²) >= 11 is 4.92. The van der Waals surface area contributed by atoms with Crippen LogP contribution in [0.2, 0.25) is 0 Å². The Morgan fingerprint density at radius 2 is 2.16 bits per heavy atom. The maximum atomic E-state index is 10.8. The molecule has 1 unspecified atom stereocenters. The second-order valence-corrected chi connectivity index (χ2v) is 6.25. The van der Waals surface area contributed by atoms with Crippen LogP contribution in [0, 0.1) is 0 Å². The zero-order valence-corrected chi connectivity index (χ0v) is 12.5. The number of nitrogens with two attached hydrogens (primary N) is 1. The predicted octanol–water partition coefficient (Wildman–Crippen LogP) is 4.18. The van der Waals surface area contributed by atoms with E-state index in [-0.39, 0.29) is 11.0 Å². The minimum atomic E-state index is -1.06. The highest BCUT2D eigenvalue weighted by molar-refractivity contribution is 9.10. The molecule has 2 rings (SSSR count). The molecule has 1 aromatic heterocycles. The predicted molar refractivity (Wildman–Crippen MR) is 78.5 cm³/mol. The summed E-state index contributed by atoms with van der Waals surface area (Å²) in [7, 11) is 0. The number of hydrogen-bond acceptors (Lipinski definition) is 4. The number of furan rings is 1. The summed E-state index contributed by atoms with van der Waals surface area (Å²) in [6.45, 7) is 1.94. The number of hydrogen-bond donors (Lipinski definition) is 2. The lowest BCUT2D eigenvalue weighted by atomic mass is 10.3. The van der Waals surface area contributed by atoms with Gasteiger partial charge in [-0.2, -0.15) is 0 Å². The normalized spacial score (nSPS) is 12.3. The summed E-state index contributed by atoms with van der Waals surface area (Å²) in [6.07, 6.45) is 0. The molecule has 4 nitrogen and oxygen atoms in total. The van der Waals surface area contributed by atoms with E-state index in [0.29, 0.717) is 11.4 Å². The van der Waals surface area contributed by atoms with Gasteiger partial charge >= 0.3 is 5.97 Å². The van der Waals surface area contributed by atoms with Gasteiger partial charge in [-0.1, -0.05) is 15.9 Å². The second-order valence-electron chi connectivity index (χ2n) is 3.95. The molecule has 100 valence electrons. The van der Waals surface area contributed by atoms with Crippen molar-refractivity contribution in [1.29, 1.82) is 0 Å². The van der Waals surface area contributed by atoms with Crippen LogP contribution in [0.15, 0.2) is 44.1 Å². The highest BCUT2D eigenvalue weighted by Gasteiger charge is 2.16. The molecular formula is C13H12BrNO3S. The van der Waals surface area contributed by atoms with Crippen molar-refractivity contribution in [3.05, 3.63) is 46.3 Å². The van der Waals surface area contributed by atoms with Gasteiger partial charge in [0.25, 0.3) is 0 Å². The molecule has 0 amide bonds. The van der Waals surface area contributed by atoms with Crippen LogP contribution in [0.25, 0.3) is 0 Å². The number of halogens is 1. The quantitative estimate of drug-likeness (QED) is 0.644. The number of carboxylic acid groups (broad SMARTS) is 1. The molecule has 0 spiro atoms.